The fourth-order valence-electron chi connectivity index (χ4n) is 3.25. The van der Waals surface area contributed by atoms with Crippen molar-refractivity contribution >= 4 is 8.80 Å². The van der Waals surface area contributed by atoms with Gasteiger partial charge < -0.3 is 0 Å². The highest BCUT2D eigenvalue weighted by Crippen LogP contribution is 2.69. The van der Waals surface area contributed by atoms with Crippen LogP contribution in [0.4, 0.5) is 167 Å². The van der Waals surface area contributed by atoms with E-state index in [1.807, 2.05) is 0 Å². The van der Waals surface area contributed by atoms with Crippen molar-refractivity contribution in [3.8, 4) is 0 Å². The molecule has 0 aromatic carbocycles. The molecule has 0 rings (SSSR count). The fourth-order valence-corrected chi connectivity index (χ4v) is 5.22. The van der Waals surface area contributed by atoms with E-state index in [-0.39, 0.29) is 0 Å². The van der Waals surface area contributed by atoms with Crippen LogP contribution in [0.3, 0.4) is 0 Å². The standard InChI is InChI=1S/C17F38O3Si/c18-1(19,3(22,23)5(26,27)7(30,31)9(34,35)11(38,39)13(42,43)44)2(20,21)4(24,25)6(28,29)8(32,33)10(36,37)12(40,41)14(45,46)59(56-15(47,48)49,57-16(50,51)52)58-17(53,54)55. The van der Waals surface area contributed by atoms with Crippen LogP contribution in [-0.4, -0.2) is 111 Å². The van der Waals surface area contributed by atoms with Gasteiger partial charge in [0.05, 0.1) is 0 Å². The normalized spacial score (nSPS) is 17.2. The summed E-state index contributed by atoms with van der Waals surface area (Å²) < 4.78 is 511. The van der Waals surface area contributed by atoms with Crippen molar-refractivity contribution < 1.29 is 180 Å². The average Bonchev–Trinajstić information content (AvgIpc) is 2.92. The molecule has 0 saturated carbocycles. The highest BCUT2D eigenvalue weighted by molar-refractivity contribution is 6.64. The van der Waals surface area contributed by atoms with Gasteiger partial charge in [0.15, 0.2) is 0 Å². The predicted octanol–water partition coefficient (Wildman–Crippen LogP) is 11.9. The summed E-state index contributed by atoms with van der Waals surface area (Å²) in [7, 11) is -10.9. The molecular formula is C17F38O3Si. The monoisotopic (exact) mass is 1000 g/mol. The smallest absolute Gasteiger partial charge is 0.280 e. The second-order valence-corrected chi connectivity index (χ2v) is 12.5. The van der Waals surface area contributed by atoms with E-state index in [0.29, 0.717) is 0 Å². The molecule has 0 spiro atoms. The van der Waals surface area contributed by atoms with Crippen molar-refractivity contribution in [1.82, 2.24) is 0 Å². The minimum Gasteiger partial charge on any atom is -0.280 e. The van der Waals surface area contributed by atoms with Gasteiger partial charge in [-0.1, -0.05) is 0 Å². The lowest BCUT2D eigenvalue weighted by Crippen LogP contribution is -2.81. The average molecular weight is 1000 g/mol. The van der Waals surface area contributed by atoms with E-state index in [2.05, 4.69) is 0 Å². The van der Waals surface area contributed by atoms with Gasteiger partial charge in [-0.25, -0.2) is 0 Å². The van der Waals surface area contributed by atoms with Crippen LogP contribution in [0.5, 0.6) is 0 Å². The van der Waals surface area contributed by atoms with Gasteiger partial charge in [-0.15, -0.1) is 39.5 Å². The summed E-state index contributed by atoms with van der Waals surface area (Å²) in [6.45, 7) is 0. The molecule has 0 aromatic rings. The van der Waals surface area contributed by atoms with Crippen LogP contribution in [-0.2, 0) is 13.3 Å². The Balaban J connectivity index is 8.11. The Morgan fingerprint density at radius 2 is 0.322 bits per heavy atom. The first kappa shape index (κ1) is 56.4. The van der Waals surface area contributed by atoms with Gasteiger partial charge in [0.1, 0.15) is 0 Å². The van der Waals surface area contributed by atoms with Crippen molar-refractivity contribution in [1.29, 1.82) is 0 Å². The van der Waals surface area contributed by atoms with Gasteiger partial charge in [-0.3, -0.25) is 13.3 Å². The van der Waals surface area contributed by atoms with Gasteiger partial charge in [0.25, 0.3) is 0 Å². The Hall–Kier alpha value is -2.56. The summed E-state index contributed by atoms with van der Waals surface area (Å²) in [4.78, 5) is 0. The third-order valence-electron chi connectivity index (χ3n) is 6.22. The molecule has 356 valence electrons. The summed E-state index contributed by atoms with van der Waals surface area (Å²) in [6, 6.07) is 0. The Morgan fingerprint density at radius 3 is 0.458 bits per heavy atom. The lowest BCUT2D eigenvalue weighted by molar-refractivity contribution is -0.487. The molecule has 0 aliphatic carbocycles. The third-order valence-corrected chi connectivity index (χ3v) is 8.81. The zero-order valence-corrected chi connectivity index (χ0v) is 25.6. The maximum Gasteiger partial charge on any atom is 0.601 e. The second kappa shape index (κ2) is 14.0. The summed E-state index contributed by atoms with van der Waals surface area (Å²) in [5.74, 6) is -121. The highest BCUT2D eigenvalue weighted by atomic mass is 28.4. The lowest BCUT2D eigenvalue weighted by Gasteiger charge is -2.47. The molecule has 0 saturated heterocycles. The van der Waals surface area contributed by atoms with Crippen LogP contribution in [0.2, 0.25) is 0 Å². The van der Waals surface area contributed by atoms with Gasteiger partial charge in [-0.05, 0) is 0 Å². The first-order valence-electron chi connectivity index (χ1n) is 11.9. The van der Waals surface area contributed by atoms with Crippen molar-refractivity contribution in [3.05, 3.63) is 0 Å². The fraction of sp³-hybridized carbons (Fsp3) is 1.00. The SMILES string of the molecule is FC(F)(F)O[Si](OC(F)(F)F)(OC(F)(F)F)C(F)(F)C(F)(F)C(F)(F)C(F)(F)C(F)(F)C(F)(F)C(F)(F)C(F)(F)C(F)(F)C(F)(F)C(F)(F)C(F)(F)C(F)(F)C(F)(F)F. The largest absolute Gasteiger partial charge is 0.601 e. The van der Waals surface area contributed by atoms with Crippen LogP contribution in [0.1, 0.15) is 0 Å². The summed E-state index contributed by atoms with van der Waals surface area (Å²) >= 11 is 0. The Morgan fingerprint density at radius 1 is 0.186 bits per heavy atom. The van der Waals surface area contributed by atoms with Crippen molar-refractivity contribution in [2.75, 3.05) is 0 Å². The molecule has 0 aromatic heterocycles. The molecule has 0 fully saturated rings. The first-order chi connectivity index (χ1) is 24.6. The van der Waals surface area contributed by atoms with Crippen LogP contribution < -0.4 is 0 Å². The molecule has 0 amide bonds. The topological polar surface area (TPSA) is 27.7 Å². The Labute approximate surface area is 292 Å². The molecule has 0 aliphatic heterocycles. The number of hydrogen-bond donors (Lipinski definition) is 0. The van der Waals surface area contributed by atoms with Crippen molar-refractivity contribution in [2.24, 2.45) is 0 Å². The van der Waals surface area contributed by atoms with E-state index < -0.39 is 111 Å². The molecule has 59 heavy (non-hydrogen) atoms. The molecule has 42 heteroatoms. The van der Waals surface area contributed by atoms with E-state index in [1.165, 1.54) is 0 Å². The number of halogens is 38. The number of hydrogen-bond acceptors (Lipinski definition) is 3. The van der Waals surface area contributed by atoms with Crippen LogP contribution in [0, 0.1) is 0 Å². The van der Waals surface area contributed by atoms with E-state index in [1.54, 1.807) is 0 Å². The van der Waals surface area contributed by atoms with E-state index in [0.717, 1.165) is 13.3 Å². The van der Waals surface area contributed by atoms with Crippen molar-refractivity contribution in [3.63, 3.8) is 0 Å². The van der Waals surface area contributed by atoms with Crippen molar-refractivity contribution in [2.45, 2.75) is 102 Å². The summed E-state index contributed by atoms with van der Waals surface area (Å²) in [5, 5.41) is 0. The van der Waals surface area contributed by atoms with E-state index in [4.69, 9.17) is 0 Å². The van der Waals surface area contributed by atoms with E-state index in [9.17, 15) is 167 Å². The maximum atomic E-state index is 14.4. The minimum absolute atomic E-state index is 1.16. The van der Waals surface area contributed by atoms with Gasteiger partial charge in [0.2, 0.25) is 0 Å². The van der Waals surface area contributed by atoms with Gasteiger partial charge >= 0.3 is 111 Å². The molecule has 0 heterocycles. The van der Waals surface area contributed by atoms with E-state index >= 15 is 0 Å². The zero-order valence-electron chi connectivity index (χ0n) is 24.6. The lowest BCUT2D eigenvalue weighted by atomic mass is 9.84. The molecule has 0 N–H and O–H groups in total. The molecule has 0 aliphatic rings. The minimum atomic E-state index is -10.9. The Bertz CT molecular complexity index is 1450. The first-order valence-corrected chi connectivity index (χ1v) is 13.6. The van der Waals surface area contributed by atoms with Gasteiger partial charge in [-0.2, -0.15) is 127 Å². The zero-order chi connectivity index (χ0) is 49.1. The van der Waals surface area contributed by atoms with Crippen LogP contribution in [0.15, 0.2) is 0 Å². The quantitative estimate of drug-likeness (QED) is 0.114. The number of rotatable bonds is 16. The summed E-state index contributed by atoms with van der Waals surface area (Å²) in [6.07, 6.45) is -32.5. The maximum absolute atomic E-state index is 14.4. The molecule has 0 atom stereocenters. The predicted molar refractivity (Wildman–Crippen MR) is 97.5 cm³/mol. The van der Waals surface area contributed by atoms with Crippen LogP contribution in [0.25, 0.3) is 0 Å². The molecule has 0 radical (unpaired) electrons. The second-order valence-electron chi connectivity index (χ2n) is 10.2. The molecule has 0 bridgehead atoms. The summed E-state index contributed by atoms with van der Waals surface area (Å²) in [5.41, 5.74) is -9.66. The molecule has 0 unspecified atom stereocenters. The third kappa shape index (κ3) is 7.91. The molecular weight excluding hydrogens is 1000 g/mol. The molecule has 3 nitrogen and oxygen atoms in total. The van der Waals surface area contributed by atoms with Crippen LogP contribution >= 0.6 is 0 Å². The highest BCUT2D eigenvalue weighted by Gasteiger charge is 3.02. The number of alkyl halides is 38. The van der Waals surface area contributed by atoms with Gasteiger partial charge in [0, 0.05) is 0 Å². The Kier molecular flexibility index (Phi) is 13.4.